The Bertz CT molecular complexity index is 683. The third-order valence-electron chi connectivity index (χ3n) is 2.90. The van der Waals surface area contributed by atoms with E-state index >= 15 is 0 Å². The van der Waals surface area contributed by atoms with Crippen molar-refractivity contribution in [1.29, 1.82) is 0 Å². The first kappa shape index (κ1) is 15.1. The molecule has 0 aliphatic rings. The van der Waals surface area contributed by atoms with Gasteiger partial charge in [0.15, 0.2) is 0 Å². The van der Waals surface area contributed by atoms with Crippen LogP contribution in [0, 0.1) is 11.8 Å². The molecule has 0 aromatic heterocycles. The SMILES string of the molecule is COC(=O)[C@](O)(C#Cc1ccccc1)c1ccc(Cl)cc1. The summed E-state index contributed by atoms with van der Waals surface area (Å²) in [7, 11) is 1.20. The zero-order valence-corrected chi connectivity index (χ0v) is 12.1. The first-order chi connectivity index (χ1) is 10.1. The van der Waals surface area contributed by atoms with Crippen LogP contribution in [0.2, 0.25) is 5.02 Å². The van der Waals surface area contributed by atoms with Gasteiger partial charge in [-0.3, -0.25) is 0 Å². The van der Waals surface area contributed by atoms with Crippen LogP contribution in [-0.2, 0) is 15.1 Å². The third-order valence-corrected chi connectivity index (χ3v) is 3.16. The Morgan fingerprint density at radius 1 is 1.14 bits per heavy atom. The second-order valence-electron chi connectivity index (χ2n) is 4.32. The Morgan fingerprint density at radius 3 is 2.33 bits per heavy atom. The molecule has 0 spiro atoms. The van der Waals surface area contributed by atoms with Gasteiger partial charge >= 0.3 is 5.97 Å². The summed E-state index contributed by atoms with van der Waals surface area (Å²) in [5.74, 6) is 4.53. The van der Waals surface area contributed by atoms with Gasteiger partial charge in [-0.2, -0.15) is 0 Å². The predicted molar refractivity (Wildman–Crippen MR) is 80.7 cm³/mol. The summed E-state index contributed by atoms with van der Waals surface area (Å²) < 4.78 is 4.66. The molecule has 0 fully saturated rings. The van der Waals surface area contributed by atoms with Crippen LogP contribution in [-0.4, -0.2) is 18.2 Å². The van der Waals surface area contributed by atoms with E-state index < -0.39 is 11.6 Å². The number of hydrogen-bond acceptors (Lipinski definition) is 3. The van der Waals surface area contributed by atoms with Crippen LogP contribution in [0.4, 0.5) is 0 Å². The van der Waals surface area contributed by atoms with Gasteiger partial charge in [-0.05, 0) is 30.2 Å². The van der Waals surface area contributed by atoms with Crippen LogP contribution in [0.25, 0.3) is 0 Å². The molecule has 21 heavy (non-hydrogen) atoms. The predicted octanol–water partition coefficient (Wildman–Crippen LogP) is 2.75. The maximum Gasteiger partial charge on any atom is 0.355 e. The number of esters is 1. The Kier molecular flexibility index (Phi) is 4.64. The quantitative estimate of drug-likeness (QED) is 0.685. The smallest absolute Gasteiger partial charge is 0.355 e. The molecule has 1 N–H and O–H groups in total. The maximum atomic E-state index is 11.9. The second-order valence-corrected chi connectivity index (χ2v) is 4.76. The third kappa shape index (κ3) is 3.43. The van der Waals surface area contributed by atoms with Crippen LogP contribution in [0.3, 0.4) is 0 Å². The zero-order valence-electron chi connectivity index (χ0n) is 11.3. The first-order valence-electron chi connectivity index (χ1n) is 6.21. The van der Waals surface area contributed by atoms with Gasteiger partial charge in [0.2, 0.25) is 0 Å². The van der Waals surface area contributed by atoms with Crippen molar-refractivity contribution in [3.05, 3.63) is 70.7 Å². The van der Waals surface area contributed by atoms with Gasteiger partial charge in [-0.15, -0.1) is 0 Å². The molecule has 0 amide bonds. The molecular formula is C17H13ClO3. The van der Waals surface area contributed by atoms with E-state index in [4.69, 9.17) is 11.6 Å². The number of carbonyl (C=O) groups excluding carboxylic acids is 1. The standard InChI is InChI=1S/C17H13ClO3/c1-21-16(19)17(20,14-7-9-15(18)10-8-14)12-11-13-5-3-2-4-6-13/h2-10,20H,1H3/t17-/m0/s1. The Morgan fingerprint density at radius 2 is 1.76 bits per heavy atom. The summed E-state index contributed by atoms with van der Waals surface area (Å²) in [5.41, 5.74) is -1.04. The second kappa shape index (κ2) is 6.45. The highest BCUT2D eigenvalue weighted by Crippen LogP contribution is 2.24. The van der Waals surface area contributed by atoms with Crippen molar-refractivity contribution >= 4 is 17.6 Å². The maximum absolute atomic E-state index is 11.9. The average molecular weight is 301 g/mol. The zero-order chi connectivity index (χ0) is 15.3. The molecule has 0 aliphatic heterocycles. The Labute approximate surface area is 128 Å². The van der Waals surface area contributed by atoms with E-state index in [1.807, 2.05) is 18.2 Å². The fraction of sp³-hybridized carbons (Fsp3) is 0.118. The molecule has 3 nitrogen and oxygen atoms in total. The van der Waals surface area contributed by atoms with E-state index in [0.717, 1.165) is 0 Å². The summed E-state index contributed by atoms with van der Waals surface area (Å²) in [5, 5.41) is 11.1. The Hall–Kier alpha value is -2.28. The van der Waals surface area contributed by atoms with Gasteiger partial charge in [0.05, 0.1) is 7.11 Å². The van der Waals surface area contributed by atoms with Gasteiger partial charge in [-0.1, -0.05) is 47.9 Å². The molecule has 106 valence electrons. The number of hydrogen-bond donors (Lipinski definition) is 1. The minimum Gasteiger partial charge on any atom is -0.466 e. The molecule has 4 heteroatoms. The minimum atomic E-state index is -2.03. The van der Waals surface area contributed by atoms with Crippen molar-refractivity contribution in [3.8, 4) is 11.8 Å². The monoisotopic (exact) mass is 300 g/mol. The van der Waals surface area contributed by atoms with Crippen molar-refractivity contribution in [1.82, 2.24) is 0 Å². The summed E-state index contributed by atoms with van der Waals surface area (Å²) >= 11 is 5.81. The normalized spacial score (nSPS) is 12.7. The number of ether oxygens (including phenoxy) is 1. The van der Waals surface area contributed by atoms with Crippen molar-refractivity contribution in [3.63, 3.8) is 0 Å². The van der Waals surface area contributed by atoms with Gasteiger partial charge in [0, 0.05) is 16.1 Å². The molecule has 0 unspecified atom stereocenters. The number of halogens is 1. The van der Waals surface area contributed by atoms with Crippen LogP contribution >= 0.6 is 11.6 Å². The fourth-order valence-corrected chi connectivity index (χ4v) is 1.89. The van der Waals surface area contributed by atoms with Crippen molar-refractivity contribution < 1.29 is 14.6 Å². The number of aliphatic hydroxyl groups is 1. The van der Waals surface area contributed by atoms with Gasteiger partial charge < -0.3 is 9.84 Å². The molecule has 0 bridgehead atoms. The van der Waals surface area contributed by atoms with Crippen molar-refractivity contribution in [2.24, 2.45) is 0 Å². The van der Waals surface area contributed by atoms with E-state index in [2.05, 4.69) is 16.6 Å². The van der Waals surface area contributed by atoms with Crippen molar-refractivity contribution in [2.75, 3.05) is 7.11 Å². The summed E-state index contributed by atoms with van der Waals surface area (Å²) in [4.78, 5) is 11.9. The molecule has 0 aliphatic carbocycles. The van der Waals surface area contributed by atoms with E-state index in [-0.39, 0.29) is 0 Å². The molecule has 2 aromatic carbocycles. The summed E-state index contributed by atoms with van der Waals surface area (Å²) in [6.45, 7) is 0. The van der Waals surface area contributed by atoms with E-state index in [0.29, 0.717) is 16.1 Å². The fourth-order valence-electron chi connectivity index (χ4n) is 1.76. The lowest BCUT2D eigenvalue weighted by molar-refractivity contribution is -0.157. The minimum absolute atomic E-state index is 0.308. The van der Waals surface area contributed by atoms with Crippen LogP contribution < -0.4 is 0 Å². The van der Waals surface area contributed by atoms with Gasteiger partial charge in [-0.25, -0.2) is 4.79 Å². The Balaban J connectivity index is 2.46. The highest BCUT2D eigenvalue weighted by Gasteiger charge is 2.37. The van der Waals surface area contributed by atoms with E-state index in [9.17, 15) is 9.90 Å². The van der Waals surface area contributed by atoms with E-state index in [1.165, 1.54) is 7.11 Å². The summed E-state index contributed by atoms with van der Waals surface area (Å²) in [6.07, 6.45) is 0. The molecule has 0 saturated heterocycles. The van der Waals surface area contributed by atoms with Gasteiger partial charge in [0.1, 0.15) is 0 Å². The summed E-state index contributed by atoms with van der Waals surface area (Å²) in [6, 6.07) is 15.3. The van der Waals surface area contributed by atoms with Crippen LogP contribution in [0.5, 0.6) is 0 Å². The molecule has 1 atom stereocenters. The number of methoxy groups -OCH3 is 1. The highest BCUT2D eigenvalue weighted by molar-refractivity contribution is 6.30. The van der Waals surface area contributed by atoms with Crippen LogP contribution in [0.1, 0.15) is 11.1 Å². The molecule has 0 heterocycles. The molecule has 2 aromatic rings. The lowest BCUT2D eigenvalue weighted by Crippen LogP contribution is -2.35. The molecular weight excluding hydrogens is 288 g/mol. The lowest BCUT2D eigenvalue weighted by Gasteiger charge is -2.19. The van der Waals surface area contributed by atoms with Crippen molar-refractivity contribution in [2.45, 2.75) is 5.60 Å². The first-order valence-corrected chi connectivity index (χ1v) is 6.59. The average Bonchev–Trinajstić information content (AvgIpc) is 2.53. The highest BCUT2D eigenvalue weighted by atomic mass is 35.5. The number of rotatable bonds is 2. The number of carbonyl (C=O) groups is 1. The van der Waals surface area contributed by atoms with E-state index in [1.54, 1.807) is 36.4 Å². The molecule has 2 rings (SSSR count). The van der Waals surface area contributed by atoms with Crippen LogP contribution in [0.15, 0.2) is 54.6 Å². The van der Waals surface area contributed by atoms with Gasteiger partial charge in [0.25, 0.3) is 5.60 Å². The number of benzene rings is 2. The lowest BCUT2D eigenvalue weighted by atomic mass is 9.94. The molecule has 0 radical (unpaired) electrons. The largest absolute Gasteiger partial charge is 0.466 e. The molecule has 0 saturated carbocycles. The topological polar surface area (TPSA) is 46.5 Å².